The van der Waals surface area contributed by atoms with Crippen LogP contribution < -0.4 is 5.73 Å². The Bertz CT molecular complexity index is 384. The van der Waals surface area contributed by atoms with Crippen LogP contribution in [-0.4, -0.2) is 24.8 Å². The van der Waals surface area contributed by atoms with Gasteiger partial charge in [-0.1, -0.05) is 20.8 Å². The van der Waals surface area contributed by atoms with Gasteiger partial charge in [-0.2, -0.15) is 0 Å². The molecule has 0 saturated heterocycles. The average molecular weight is 267 g/mol. The number of aromatic nitrogens is 2. The van der Waals surface area contributed by atoms with E-state index in [1.807, 2.05) is 19.3 Å². The highest BCUT2D eigenvalue weighted by Crippen LogP contribution is 2.39. The summed E-state index contributed by atoms with van der Waals surface area (Å²) in [6.07, 6.45) is 3.52. The summed E-state index contributed by atoms with van der Waals surface area (Å²) < 4.78 is 6.31. The summed E-state index contributed by atoms with van der Waals surface area (Å²) in [7, 11) is -1.82. The lowest BCUT2D eigenvalue weighted by Gasteiger charge is -2.39. The third-order valence-corrected chi connectivity index (χ3v) is 8.12. The lowest BCUT2D eigenvalue weighted by molar-refractivity contribution is 0.190. The van der Waals surface area contributed by atoms with Gasteiger partial charge in [0.1, 0.15) is 5.82 Å². The van der Waals surface area contributed by atoms with Gasteiger partial charge in [0.05, 0.1) is 6.10 Å². The summed E-state index contributed by atoms with van der Waals surface area (Å²) in [6, 6.07) is 0. The third kappa shape index (κ3) is 3.60. The van der Waals surface area contributed by atoms with E-state index in [1.165, 1.54) is 0 Å². The molecule has 0 aliphatic carbocycles. The fraction of sp³-hybridized carbons (Fsp3) is 0.692. The lowest BCUT2D eigenvalue weighted by Crippen LogP contribution is -2.43. The number of hydrogen-bond acceptors (Lipinski definition) is 4. The van der Waals surface area contributed by atoms with Gasteiger partial charge in [0.25, 0.3) is 0 Å². The van der Waals surface area contributed by atoms with Crippen molar-refractivity contribution >= 4 is 8.32 Å². The molecule has 1 unspecified atom stereocenters. The molecule has 0 saturated carbocycles. The zero-order valence-electron chi connectivity index (χ0n) is 12.3. The maximum Gasteiger partial charge on any atom is 0.192 e. The molecule has 0 amide bonds. The van der Waals surface area contributed by atoms with Crippen molar-refractivity contribution in [3.63, 3.8) is 0 Å². The maximum atomic E-state index is 6.31. The van der Waals surface area contributed by atoms with Crippen molar-refractivity contribution in [2.75, 3.05) is 6.54 Å². The fourth-order valence-corrected chi connectivity index (χ4v) is 2.65. The molecule has 1 aromatic heterocycles. The van der Waals surface area contributed by atoms with Gasteiger partial charge in [-0.25, -0.2) is 9.97 Å². The molecule has 0 fully saturated rings. The molecule has 0 bridgehead atoms. The molecular formula is C13H25N3OSi. The second-order valence-corrected chi connectivity index (χ2v) is 10.9. The van der Waals surface area contributed by atoms with Gasteiger partial charge in [-0.05, 0) is 25.1 Å². The van der Waals surface area contributed by atoms with E-state index in [-0.39, 0.29) is 11.1 Å². The van der Waals surface area contributed by atoms with E-state index >= 15 is 0 Å². The fourth-order valence-electron chi connectivity index (χ4n) is 1.35. The van der Waals surface area contributed by atoms with Crippen molar-refractivity contribution in [1.82, 2.24) is 9.97 Å². The summed E-state index contributed by atoms with van der Waals surface area (Å²) in [5.41, 5.74) is 6.80. The lowest BCUT2D eigenvalue weighted by atomic mass is 10.2. The van der Waals surface area contributed by atoms with Gasteiger partial charge in [0, 0.05) is 24.5 Å². The van der Waals surface area contributed by atoms with Gasteiger partial charge in [0.2, 0.25) is 0 Å². The monoisotopic (exact) mass is 267 g/mol. The number of rotatable bonds is 4. The number of nitrogens with zero attached hydrogens (tertiary/aromatic N) is 2. The molecule has 1 atom stereocenters. The molecule has 0 aromatic carbocycles. The largest absolute Gasteiger partial charge is 0.409 e. The second-order valence-electron chi connectivity index (χ2n) is 6.17. The highest BCUT2D eigenvalue weighted by Gasteiger charge is 2.39. The van der Waals surface area contributed by atoms with Crippen LogP contribution in [0.2, 0.25) is 18.1 Å². The molecule has 1 aromatic rings. The zero-order chi connectivity index (χ0) is 14.0. The van der Waals surface area contributed by atoms with Crippen LogP contribution in [0.5, 0.6) is 0 Å². The van der Waals surface area contributed by atoms with Gasteiger partial charge in [-0.15, -0.1) is 0 Å². The topological polar surface area (TPSA) is 61.0 Å². The third-order valence-electron chi connectivity index (χ3n) is 3.63. The van der Waals surface area contributed by atoms with Crippen LogP contribution in [0.4, 0.5) is 0 Å². The smallest absolute Gasteiger partial charge is 0.192 e. The predicted octanol–water partition coefficient (Wildman–Crippen LogP) is 2.81. The first-order valence-electron chi connectivity index (χ1n) is 6.34. The van der Waals surface area contributed by atoms with Gasteiger partial charge >= 0.3 is 0 Å². The highest BCUT2D eigenvalue weighted by molar-refractivity contribution is 6.74. The van der Waals surface area contributed by atoms with Gasteiger partial charge in [0.15, 0.2) is 8.32 Å². The minimum absolute atomic E-state index is 0.105. The molecule has 5 heteroatoms. The van der Waals surface area contributed by atoms with E-state index in [9.17, 15) is 0 Å². The van der Waals surface area contributed by atoms with Crippen LogP contribution in [-0.2, 0) is 4.43 Å². The molecule has 4 nitrogen and oxygen atoms in total. The quantitative estimate of drug-likeness (QED) is 0.852. The van der Waals surface area contributed by atoms with Crippen LogP contribution in [0.25, 0.3) is 0 Å². The average Bonchev–Trinajstić information content (AvgIpc) is 2.25. The zero-order valence-corrected chi connectivity index (χ0v) is 13.3. The van der Waals surface area contributed by atoms with Crippen molar-refractivity contribution in [3.05, 3.63) is 23.8 Å². The van der Waals surface area contributed by atoms with E-state index in [4.69, 9.17) is 10.2 Å². The van der Waals surface area contributed by atoms with Gasteiger partial charge < -0.3 is 10.2 Å². The van der Waals surface area contributed by atoms with Crippen molar-refractivity contribution in [2.24, 2.45) is 5.73 Å². The summed E-state index contributed by atoms with van der Waals surface area (Å²) >= 11 is 0. The Morgan fingerprint density at radius 2 is 1.78 bits per heavy atom. The maximum absolute atomic E-state index is 6.31. The Morgan fingerprint density at radius 1 is 1.28 bits per heavy atom. The minimum Gasteiger partial charge on any atom is -0.409 e. The molecule has 0 aliphatic rings. The van der Waals surface area contributed by atoms with Crippen LogP contribution in [0.3, 0.4) is 0 Å². The Morgan fingerprint density at radius 3 is 2.17 bits per heavy atom. The van der Waals surface area contributed by atoms with E-state index in [2.05, 4.69) is 43.8 Å². The first-order valence-corrected chi connectivity index (χ1v) is 9.24. The Labute approximate surface area is 111 Å². The highest BCUT2D eigenvalue weighted by atomic mass is 28.4. The molecular weight excluding hydrogens is 242 g/mol. The molecule has 2 N–H and O–H groups in total. The van der Waals surface area contributed by atoms with Crippen LogP contribution in [0.15, 0.2) is 12.4 Å². The standard InChI is InChI=1S/C13H25N3OSi/c1-10-15-8-11(9-16-10)12(7-14)17-18(5,6)13(2,3)4/h8-9,12H,7,14H2,1-6H3. The van der Waals surface area contributed by atoms with E-state index in [1.54, 1.807) is 0 Å². The van der Waals surface area contributed by atoms with Crippen molar-refractivity contribution in [2.45, 2.75) is 51.9 Å². The first-order chi connectivity index (χ1) is 8.17. The molecule has 0 radical (unpaired) electrons. The Balaban J connectivity index is 2.89. The molecule has 0 aliphatic heterocycles. The first kappa shape index (κ1) is 15.3. The number of hydrogen-bond donors (Lipinski definition) is 1. The van der Waals surface area contributed by atoms with Crippen molar-refractivity contribution in [1.29, 1.82) is 0 Å². The van der Waals surface area contributed by atoms with Crippen molar-refractivity contribution in [3.8, 4) is 0 Å². The summed E-state index contributed by atoms with van der Waals surface area (Å²) in [6.45, 7) is 13.4. The number of aryl methyl sites for hydroxylation is 1. The normalized spacial score (nSPS) is 14.6. The van der Waals surface area contributed by atoms with Crippen LogP contribution >= 0.6 is 0 Å². The predicted molar refractivity (Wildman–Crippen MR) is 76.8 cm³/mol. The van der Waals surface area contributed by atoms with Gasteiger partial charge in [-0.3, -0.25) is 0 Å². The summed E-state index contributed by atoms with van der Waals surface area (Å²) in [5.74, 6) is 0.766. The molecule has 1 rings (SSSR count). The molecule has 0 spiro atoms. The summed E-state index contributed by atoms with van der Waals surface area (Å²) in [5, 5.41) is 0.173. The molecule has 18 heavy (non-hydrogen) atoms. The SMILES string of the molecule is Cc1ncc(C(CN)O[Si](C)(C)C(C)(C)C)cn1. The van der Waals surface area contributed by atoms with Crippen LogP contribution in [0.1, 0.15) is 38.3 Å². The second kappa shape index (κ2) is 5.46. The Kier molecular flexibility index (Phi) is 4.64. The van der Waals surface area contributed by atoms with E-state index in [0.717, 1.165) is 11.4 Å². The number of nitrogens with two attached hydrogens (primary N) is 1. The van der Waals surface area contributed by atoms with E-state index < -0.39 is 8.32 Å². The molecule has 102 valence electrons. The summed E-state index contributed by atoms with van der Waals surface area (Å²) in [4.78, 5) is 8.42. The molecule has 1 heterocycles. The Hall–Kier alpha value is -0.783. The van der Waals surface area contributed by atoms with E-state index in [0.29, 0.717) is 6.54 Å². The van der Waals surface area contributed by atoms with Crippen molar-refractivity contribution < 1.29 is 4.43 Å². The van der Waals surface area contributed by atoms with Crippen LogP contribution in [0, 0.1) is 6.92 Å². The minimum atomic E-state index is -1.82.